The van der Waals surface area contributed by atoms with Gasteiger partial charge in [0.1, 0.15) is 0 Å². The summed E-state index contributed by atoms with van der Waals surface area (Å²) in [5, 5.41) is 20.8. The number of unbranched alkanes of at least 4 members (excludes halogenated alkanes) is 2. The zero-order valence-corrected chi connectivity index (χ0v) is 9.16. The van der Waals surface area contributed by atoms with E-state index in [1.54, 1.807) is 0 Å². The summed E-state index contributed by atoms with van der Waals surface area (Å²) in [7, 11) is 0. The van der Waals surface area contributed by atoms with E-state index in [1.165, 1.54) is 0 Å². The molecule has 4 nitrogen and oxygen atoms in total. The smallest absolute Gasteiger partial charge is 0.0445 e. The highest BCUT2D eigenvalue weighted by Crippen LogP contribution is 2.15. The highest BCUT2D eigenvalue weighted by atomic mass is 16.4. The molecule has 1 atom stereocenters. The van der Waals surface area contributed by atoms with E-state index in [0.717, 1.165) is 12.8 Å². The van der Waals surface area contributed by atoms with E-state index in [0.29, 0.717) is 25.7 Å². The molecule has 0 amide bonds. The van der Waals surface area contributed by atoms with Gasteiger partial charge in [-0.1, -0.05) is 26.2 Å². The monoisotopic (exact) mass is 214 g/mol. The average molecular weight is 214 g/mol. The number of carboxylic acids is 2. The maximum absolute atomic E-state index is 10.7. The van der Waals surface area contributed by atoms with Crippen LogP contribution in [-0.2, 0) is 9.59 Å². The lowest BCUT2D eigenvalue weighted by atomic mass is 9.96. The fraction of sp³-hybridized carbons (Fsp3) is 0.818. The van der Waals surface area contributed by atoms with E-state index in [-0.39, 0.29) is 6.42 Å². The molecule has 0 aromatic carbocycles. The van der Waals surface area contributed by atoms with E-state index < -0.39 is 17.9 Å². The SMILES string of the molecule is CCCCC(CCCCC(=O)[O-])C(=O)[O-]. The largest absolute Gasteiger partial charge is 0.550 e. The predicted octanol–water partition coefficient (Wildman–Crippen LogP) is -0.147. The summed E-state index contributed by atoms with van der Waals surface area (Å²) in [4.78, 5) is 20.8. The van der Waals surface area contributed by atoms with Crippen LogP contribution in [0.25, 0.3) is 0 Å². The molecule has 0 bridgehead atoms. The van der Waals surface area contributed by atoms with Crippen LogP contribution >= 0.6 is 0 Å². The first-order valence-electron chi connectivity index (χ1n) is 5.48. The average Bonchev–Trinajstić information content (AvgIpc) is 2.15. The number of aliphatic carboxylic acids is 2. The second-order valence-electron chi connectivity index (χ2n) is 3.78. The Morgan fingerprint density at radius 2 is 1.67 bits per heavy atom. The molecule has 0 heterocycles. The van der Waals surface area contributed by atoms with Gasteiger partial charge in [0.05, 0.1) is 0 Å². The molecule has 0 saturated carbocycles. The van der Waals surface area contributed by atoms with Gasteiger partial charge in [0, 0.05) is 11.9 Å². The third-order valence-electron chi connectivity index (χ3n) is 2.42. The van der Waals surface area contributed by atoms with E-state index in [4.69, 9.17) is 0 Å². The summed E-state index contributed by atoms with van der Waals surface area (Å²) < 4.78 is 0. The molecule has 1 unspecified atom stereocenters. The minimum absolute atomic E-state index is 0.00749. The van der Waals surface area contributed by atoms with Gasteiger partial charge in [-0.2, -0.15) is 0 Å². The summed E-state index contributed by atoms with van der Waals surface area (Å²) >= 11 is 0. The van der Waals surface area contributed by atoms with Gasteiger partial charge in [0.15, 0.2) is 0 Å². The summed E-state index contributed by atoms with van der Waals surface area (Å²) in [5.41, 5.74) is 0. The third kappa shape index (κ3) is 7.97. The Morgan fingerprint density at radius 3 is 2.13 bits per heavy atom. The van der Waals surface area contributed by atoms with E-state index in [1.807, 2.05) is 6.92 Å². The van der Waals surface area contributed by atoms with Crippen LogP contribution in [-0.4, -0.2) is 11.9 Å². The maximum Gasteiger partial charge on any atom is 0.0445 e. The van der Waals surface area contributed by atoms with Crippen LogP contribution in [0, 0.1) is 5.92 Å². The van der Waals surface area contributed by atoms with Gasteiger partial charge in [-0.15, -0.1) is 0 Å². The molecule has 0 aliphatic rings. The van der Waals surface area contributed by atoms with Crippen LogP contribution < -0.4 is 10.2 Å². The van der Waals surface area contributed by atoms with E-state index in [2.05, 4.69) is 0 Å². The Hall–Kier alpha value is -1.06. The summed E-state index contributed by atoms with van der Waals surface area (Å²) in [6, 6.07) is 0. The molecule has 0 spiro atoms. The van der Waals surface area contributed by atoms with Crippen molar-refractivity contribution in [1.29, 1.82) is 0 Å². The molecule has 0 radical (unpaired) electrons. The number of hydrogen-bond acceptors (Lipinski definition) is 4. The number of carbonyl (C=O) groups excluding carboxylic acids is 2. The minimum Gasteiger partial charge on any atom is -0.550 e. The molecule has 88 valence electrons. The van der Waals surface area contributed by atoms with Crippen molar-refractivity contribution in [2.45, 2.75) is 51.9 Å². The van der Waals surface area contributed by atoms with Gasteiger partial charge < -0.3 is 19.8 Å². The number of rotatable bonds is 9. The molecular formula is C11H18O4-2. The lowest BCUT2D eigenvalue weighted by Crippen LogP contribution is -2.31. The normalized spacial score (nSPS) is 12.3. The number of carbonyl (C=O) groups is 2. The second kappa shape index (κ2) is 8.26. The van der Waals surface area contributed by atoms with Crippen LogP contribution in [0.4, 0.5) is 0 Å². The molecule has 0 aliphatic heterocycles. The molecule has 15 heavy (non-hydrogen) atoms. The fourth-order valence-corrected chi connectivity index (χ4v) is 1.49. The predicted molar refractivity (Wildman–Crippen MR) is 51.5 cm³/mol. The van der Waals surface area contributed by atoms with Crippen molar-refractivity contribution in [2.75, 3.05) is 0 Å². The summed E-state index contributed by atoms with van der Waals surface area (Å²) in [5.74, 6) is -2.52. The first-order valence-corrected chi connectivity index (χ1v) is 5.48. The van der Waals surface area contributed by atoms with Crippen molar-refractivity contribution in [3.05, 3.63) is 0 Å². The lowest BCUT2D eigenvalue weighted by molar-refractivity contribution is -0.312. The maximum atomic E-state index is 10.7. The number of carboxylic acid groups (broad SMARTS) is 2. The highest BCUT2D eigenvalue weighted by Gasteiger charge is 2.08. The standard InChI is InChI=1S/C11H20O4/c1-2-3-6-9(11(14)15)7-4-5-8-10(12)13/h9H,2-8H2,1H3,(H,12,13)(H,14,15)/p-2. The van der Waals surface area contributed by atoms with Crippen molar-refractivity contribution in [3.63, 3.8) is 0 Å². The molecule has 0 rings (SSSR count). The summed E-state index contributed by atoms with van der Waals surface area (Å²) in [6.45, 7) is 2.00. The van der Waals surface area contributed by atoms with E-state index in [9.17, 15) is 19.8 Å². The Balaban J connectivity index is 3.66. The molecular weight excluding hydrogens is 196 g/mol. The highest BCUT2D eigenvalue weighted by molar-refractivity contribution is 5.67. The Labute approximate surface area is 90.3 Å². The van der Waals surface area contributed by atoms with Crippen LogP contribution in [0.5, 0.6) is 0 Å². The van der Waals surface area contributed by atoms with Gasteiger partial charge in [0.25, 0.3) is 0 Å². The van der Waals surface area contributed by atoms with Crippen LogP contribution in [0.15, 0.2) is 0 Å². The van der Waals surface area contributed by atoms with Crippen molar-refractivity contribution < 1.29 is 19.8 Å². The lowest BCUT2D eigenvalue weighted by Gasteiger charge is -2.17. The van der Waals surface area contributed by atoms with Gasteiger partial charge in [0.2, 0.25) is 0 Å². The quantitative estimate of drug-likeness (QED) is 0.500. The van der Waals surface area contributed by atoms with Crippen LogP contribution in [0.3, 0.4) is 0 Å². The van der Waals surface area contributed by atoms with Crippen molar-refractivity contribution in [1.82, 2.24) is 0 Å². The van der Waals surface area contributed by atoms with Crippen LogP contribution in [0.2, 0.25) is 0 Å². The molecule has 0 N–H and O–H groups in total. The summed E-state index contributed by atoms with van der Waals surface area (Å²) in [6.07, 6.45) is 4.07. The van der Waals surface area contributed by atoms with Gasteiger partial charge >= 0.3 is 0 Å². The van der Waals surface area contributed by atoms with Crippen molar-refractivity contribution >= 4 is 11.9 Å². The fourth-order valence-electron chi connectivity index (χ4n) is 1.49. The molecule has 0 aliphatic carbocycles. The Kier molecular flexibility index (Phi) is 7.68. The van der Waals surface area contributed by atoms with Crippen LogP contribution in [0.1, 0.15) is 51.9 Å². The first-order chi connectivity index (χ1) is 7.07. The Bertz CT molecular complexity index is 201. The van der Waals surface area contributed by atoms with Crippen molar-refractivity contribution in [2.24, 2.45) is 5.92 Å². The second-order valence-corrected chi connectivity index (χ2v) is 3.78. The molecule has 4 heteroatoms. The molecule has 0 aromatic rings. The molecule has 0 aromatic heterocycles. The Morgan fingerprint density at radius 1 is 1.07 bits per heavy atom. The minimum atomic E-state index is -1.08. The molecule has 0 fully saturated rings. The first kappa shape index (κ1) is 13.9. The van der Waals surface area contributed by atoms with Gasteiger partial charge in [-0.05, 0) is 31.6 Å². The molecule has 0 saturated heterocycles. The third-order valence-corrected chi connectivity index (χ3v) is 2.42. The van der Waals surface area contributed by atoms with Crippen molar-refractivity contribution in [3.8, 4) is 0 Å². The van der Waals surface area contributed by atoms with E-state index >= 15 is 0 Å². The van der Waals surface area contributed by atoms with Gasteiger partial charge in [-0.3, -0.25) is 0 Å². The zero-order chi connectivity index (χ0) is 11.7. The van der Waals surface area contributed by atoms with Gasteiger partial charge in [-0.25, -0.2) is 0 Å². The number of hydrogen-bond donors (Lipinski definition) is 0. The topological polar surface area (TPSA) is 80.3 Å². The zero-order valence-electron chi connectivity index (χ0n) is 9.16.